The first-order chi connectivity index (χ1) is 9.61. The normalized spacial score (nSPS) is 20.1. The molecule has 1 amide bonds. The predicted octanol–water partition coefficient (Wildman–Crippen LogP) is 0.613. The fraction of sp³-hybridized carbons (Fsp3) is 0.400. The van der Waals surface area contributed by atoms with Crippen molar-refractivity contribution >= 4 is 11.6 Å². The Morgan fingerprint density at radius 3 is 2.70 bits per heavy atom. The van der Waals surface area contributed by atoms with Crippen LogP contribution in [0.25, 0.3) is 5.70 Å². The molecule has 0 bridgehead atoms. The summed E-state index contributed by atoms with van der Waals surface area (Å²) in [6, 6.07) is 7.73. The maximum Gasteiger partial charge on any atom is 0.237 e. The topological polar surface area (TPSA) is 84.4 Å². The molecule has 0 spiro atoms. The highest BCUT2D eigenvalue weighted by atomic mass is 16.2. The second-order valence-electron chi connectivity index (χ2n) is 5.18. The van der Waals surface area contributed by atoms with Crippen molar-refractivity contribution in [2.75, 3.05) is 13.6 Å². The summed E-state index contributed by atoms with van der Waals surface area (Å²) in [5, 5.41) is 2.98. The minimum absolute atomic E-state index is 0.0186. The fourth-order valence-corrected chi connectivity index (χ4v) is 2.46. The van der Waals surface area contributed by atoms with Crippen molar-refractivity contribution < 1.29 is 4.79 Å². The molecule has 1 saturated heterocycles. The molecular weight excluding hydrogens is 252 g/mol. The van der Waals surface area contributed by atoms with Crippen LogP contribution in [-0.2, 0) is 11.3 Å². The van der Waals surface area contributed by atoms with Crippen LogP contribution in [-0.4, -0.2) is 30.4 Å². The van der Waals surface area contributed by atoms with E-state index in [1.54, 1.807) is 0 Å². The van der Waals surface area contributed by atoms with Crippen molar-refractivity contribution in [2.45, 2.75) is 25.4 Å². The Hall–Kier alpha value is -2.01. The van der Waals surface area contributed by atoms with E-state index in [0.717, 1.165) is 30.5 Å². The second kappa shape index (κ2) is 6.43. The Morgan fingerprint density at radius 1 is 1.45 bits per heavy atom. The van der Waals surface area contributed by atoms with E-state index in [9.17, 15) is 4.79 Å². The molecule has 5 nitrogen and oxygen atoms in total. The number of rotatable bonds is 4. The number of nitrogens with one attached hydrogen (secondary N) is 1. The highest BCUT2D eigenvalue weighted by Crippen LogP contribution is 2.15. The van der Waals surface area contributed by atoms with Crippen molar-refractivity contribution in [3.05, 3.63) is 41.6 Å². The molecule has 1 aromatic carbocycles. The molecule has 20 heavy (non-hydrogen) atoms. The minimum Gasteiger partial charge on any atom is -0.403 e. The van der Waals surface area contributed by atoms with Gasteiger partial charge in [0, 0.05) is 12.7 Å². The summed E-state index contributed by atoms with van der Waals surface area (Å²) >= 11 is 0. The van der Waals surface area contributed by atoms with Crippen LogP contribution in [0.3, 0.4) is 0 Å². The summed E-state index contributed by atoms with van der Waals surface area (Å²) in [6.45, 7) is 1.53. The number of nitrogens with two attached hydrogens (primary N) is 2. The van der Waals surface area contributed by atoms with E-state index in [1.807, 2.05) is 31.3 Å². The molecule has 1 fully saturated rings. The van der Waals surface area contributed by atoms with Crippen LogP contribution in [0.4, 0.5) is 0 Å². The van der Waals surface area contributed by atoms with Crippen molar-refractivity contribution in [1.29, 1.82) is 0 Å². The van der Waals surface area contributed by atoms with Crippen molar-refractivity contribution in [3.63, 3.8) is 0 Å². The number of carbonyl (C=O) groups excluding carboxylic acids is 1. The van der Waals surface area contributed by atoms with Gasteiger partial charge in [0.1, 0.15) is 0 Å². The Kier molecular flexibility index (Phi) is 4.63. The Morgan fingerprint density at radius 2 is 2.15 bits per heavy atom. The van der Waals surface area contributed by atoms with Crippen LogP contribution in [0.2, 0.25) is 0 Å². The molecule has 0 radical (unpaired) electrons. The first-order valence-electron chi connectivity index (χ1n) is 6.86. The number of likely N-dealkylation sites (tertiary alicyclic amines) is 1. The molecule has 108 valence electrons. The first kappa shape index (κ1) is 14.4. The van der Waals surface area contributed by atoms with Crippen molar-refractivity contribution in [3.8, 4) is 0 Å². The number of hydrogen-bond acceptors (Lipinski definition) is 4. The summed E-state index contributed by atoms with van der Waals surface area (Å²) in [6.07, 6.45) is 3.42. The lowest BCUT2D eigenvalue weighted by molar-refractivity contribution is -0.125. The number of amides is 1. The molecule has 1 aliphatic rings. The van der Waals surface area contributed by atoms with Crippen LogP contribution < -0.4 is 16.8 Å². The smallest absolute Gasteiger partial charge is 0.237 e. The number of likely N-dealkylation sites (N-methyl/N-ethyl adjacent to an activating group) is 1. The van der Waals surface area contributed by atoms with Crippen molar-refractivity contribution in [2.24, 2.45) is 11.5 Å². The fourth-order valence-electron chi connectivity index (χ4n) is 2.46. The van der Waals surface area contributed by atoms with Crippen molar-refractivity contribution in [1.82, 2.24) is 10.2 Å². The molecule has 1 heterocycles. The number of hydrogen-bond donors (Lipinski definition) is 3. The molecule has 2 rings (SSSR count). The molecule has 0 aliphatic carbocycles. The molecule has 5 heteroatoms. The van der Waals surface area contributed by atoms with Gasteiger partial charge in [0.2, 0.25) is 5.91 Å². The average Bonchev–Trinajstić information content (AvgIpc) is 2.90. The summed E-state index contributed by atoms with van der Waals surface area (Å²) in [5.41, 5.74) is 13.6. The Bertz CT molecular complexity index is 495. The van der Waals surface area contributed by atoms with E-state index >= 15 is 0 Å². The Balaban J connectivity index is 1.89. The average molecular weight is 274 g/mol. The van der Waals surface area contributed by atoms with Gasteiger partial charge in [-0.25, -0.2) is 0 Å². The van der Waals surface area contributed by atoms with Gasteiger partial charge in [-0.2, -0.15) is 0 Å². The van der Waals surface area contributed by atoms with Crippen LogP contribution in [0.15, 0.2) is 30.5 Å². The number of carbonyl (C=O) groups is 1. The number of benzene rings is 1. The lowest BCUT2D eigenvalue weighted by Crippen LogP contribution is -2.41. The van der Waals surface area contributed by atoms with Gasteiger partial charge in [0.25, 0.3) is 0 Å². The first-order valence-corrected chi connectivity index (χ1v) is 6.86. The van der Waals surface area contributed by atoms with Gasteiger partial charge < -0.3 is 16.8 Å². The van der Waals surface area contributed by atoms with Crippen LogP contribution in [0.1, 0.15) is 24.0 Å². The summed E-state index contributed by atoms with van der Waals surface area (Å²) in [5.74, 6) is 0.107. The third-order valence-electron chi connectivity index (χ3n) is 3.76. The maximum atomic E-state index is 12.1. The van der Waals surface area contributed by atoms with E-state index in [4.69, 9.17) is 11.5 Å². The van der Waals surface area contributed by atoms with E-state index in [2.05, 4.69) is 10.2 Å². The third-order valence-corrected chi connectivity index (χ3v) is 3.76. The summed E-state index contributed by atoms with van der Waals surface area (Å²) in [7, 11) is 1.99. The summed E-state index contributed by atoms with van der Waals surface area (Å²) in [4.78, 5) is 14.2. The van der Waals surface area contributed by atoms with E-state index in [-0.39, 0.29) is 11.9 Å². The third kappa shape index (κ3) is 3.30. The zero-order valence-corrected chi connectivity index (χ0v) is 11.8. The highest BCUT2D eigenvalue weighted by molar-refractivity contribution is 5.82. The predicted molar refractivity (Wildman–Crippen MR) is 80.3 cm³/mol. The number of nitrogens with zero attached hydrogens (tertiary/aromatic N) is 1. The molecule has 1 aliphatic heterocycles. The molecular formula is C15H22N4O. The van der Waals surface area contributed by atoms with Gasteiger partial charge in [0.05, 0.1) is 11.7 Å². The molecule has 0 saturated carbocycles. The lowest BCUT2D eigenvalue weighted by Gasteiger charge is -2.18. The molecule has 1 atom stereocenters. The van der Waals surface area contributed by atoms with Gasteiger partial charge in [-0.3, -0.25) is 9.69 Å². The van der Waals surface area contributed by atoms with Crippen LogP contribution >= 0.6 is 0 Å². The van der Waals surface area contributed by atoms with E-state index in [1.165, 1.54) is 6.20 Å². The largest absolute Gasteiger partial charge is 0.403 e. The Labute approximate surface area is 119 Å². The zero-order chi connectivity index (χ0) is 14.5. The lowest BCUT2D eigenvalue weighted by atomic mass is 10.1. The SMILES string of the molecule is CN1CCCC1C(=O)NCc1ccc(/C(N)=C/N)cc1. The van der Waals surface area contributed by atoms with Gasteiger partial charge >= 0.3 is 0 Å². The van der Waals surface area contributed by atoms with Crippen LogP contribution in [0, 0.1) is 0 Å². The van der Waals surface area contributed by atoms with E-state index in [0.29, 0.717) is 12.2 Å². The monoisotopic (exact) mass is 274 g/mol. The zero-order valence-electron chi connectivity index (χ0n) is 11.8. The van der Waals surface area contributed by atoms with Gasteiger partial charge in [-0.1, -0.05) is 24.3 Å². The van der Waals surface area contributed by atoms with E-state index < -0.39 is 0 Å². The van der Waals surface area contributed by atoms with Gasteiger partial charge in [-0.15, -0.1) is 0 Å². The quantitative estimate of drug-likeness (QED) is 0.751. The standard InChI is InChI=1S/C15H22N4O/c1-19-8-2-3-14(19)15(20)18-10-11-4-6-12(7-5-11)13(17)9-16/h4-7,9,14H,2-3,8,10,16-17H2,1H3,(H,18,20)/b13-9-. The molecule has 1 aromatic rings. The molecule has 5 N–H and O–H groups in total. The summed E-state index contributed by atoms with van der Waals surface area (Å²) < 4.78 is 0. The van der Waals surface area contributed by atoms with Crippen LogP contribution in [0.5, 0.6) is 0 Å². The van der Waals surface area contributed by atoms with Gasteiger partial charge in [-0.05, 0) is 37.6 Å². The minimum atomic E-state index is 0.0186. The highest BCUT2D eigenvalue weighted by Gasteiger charge is 2.27. The maximum absolute atomic E-state index is 12.1. The second-order valence-corrected chi connectivity index (χ2v) is 5.18. The van der Waals surface area contributed by atoms with Gasteiger partial charge in [0.15, 0.2) is 0 Å². The molecule has 1 unspecified atom stereocenters. The molecule has 0 aromatic heterocycles.